The number of thioether (sulfide) groups is 1. The van der Waals surface area contributed by atoms with Crippen LogP contribution in [-0.2, 0) is 16.9 Å². The number of fused-ring (bicyclic) bond motifs is 1. The molecule has 1 aromatic heterocycles. The molecule has 1 aliphatic heterocycles. The summed E-state index contributed by atoms with van der Waals surface area (Å²) in [7, 11) is 0. The fraction of sp³-hybridized carbons (Fsp3) is 0.273. The molecule has 3 aromatic rings. The highest BCUT2D eigenvalue weighted by molar-refractivity contribution is 7.98. The van der Waals surface area contributed by atoms with E-state index in [1.54, 1.807) is 16.4 Å². The number of nitrogens with zero attached hydrogens (tertiary/aromatic N) is 2. The number of nitrogens with one attached hydrogen (secondary N) is 2. The molecule has 0 aliphatic carbocycles. The van der Waals surface area contributed by atoms with Gasteiger partial charge in [0.25, 0.3) is 0 Å². The van der Waals surface area contributed by atoms with Gasteiger partial charge in [0.05, 0.1) is 11.4 Å². The molecule has 0 spiro atoms. The lowest BCUT2D eigenvalue weighted by Crippen LogP contribution is -2.22. The molecule has 4 rings (SSSR count). The van der Waals surface area contributed by atoms with Crippen molar-refractivity contribution in [2.75, 3.05) is 10.6 Å². The summed E-state index contributed by atoms with van der Waals surface area (Å²) in [6.07, 6.45) is 0. The predicted octanol–water partition coefficient (Wildman–Crippen LogP) is 6.21. The lowest BCUT2D eigenvalue weighted by atomic mass is 9.87. The first-order chi connectivity index (χ1) is 13.8. The number of carbonyl (C=O) groups is 1. The monoisotopic (exact) mass is 426 g/mol. The van der Waals surface area contributed by atoms with Gasteiger partial charge in [0.1, 0.15) is 5.82 Å². The van der Waals surface area contributed by atoms with Gasteiger partial charge >= 0.3 is 6.03 Å². The van der Waals surface area contributed by atoms with Crippen molar-refractivity contribution in [1.82, 2.24) is 9.78 Å². The molecule has 5 nitrogen and oxygen atoms in total. The van der Waals surface area contributed by atoms with Crippen LogP contribution in [0.3, 0.4) is 0 Å². The van der Waals surface area contributed by atoms with Gasteiger partial charge in [-0.2, -0.15) is 16.9 Å². The summed E-state index contributed by atoms with van der Waals surface area (Å²) in [5.41, 5.74) is 4.99. The van der Waals surface area contributed by atoms with Crippen molar-refractivity contribution in [3.8, 4) is 5.69 Å². The van der Waals surface area contributed by atoms with E-state index in [0.29, 0.717) is 10.8 Å². The molecule has 150 valence electrons. The minimum absolute atomic E-state index is 0.0735. The molecule has 0 radical (unpaired) electrons. The molecule has 0 saturated heterocycles. The third kappa shape index (κ3) is 4.28. The van der Waals surface area contributed by atoms with Gasteiger partial charge in [0.15, 0.2) is 0 Å². The summed E-state index contributed by atoms with van der Waals surface area (Å²) < 4.78 is 1.78. The van der Waals surface area contributed by atoms with Crippen LogP contribution < -0.4 is 10.6 Å². The van der Waals surface area contributed by atoms with E-state index in [-0.39, 0.29) is 11.4 Å². The van der Waals surface area contributed by atoms with E-state index < -0.39 is 0 Å². The SMILES string of the molecule is CC(C)(C)c1ccc(NC(=O)Nc2c3c(nn2-c2ccc(Cl)cc2)CSC3)cc1. The molecule has 0 saturated carbocycles. The van der Waals surface area contributed by atoms with Gasteiger partial charge in [0, 0.05) is 27.8 Å². The smallest absolute Gasteiger partial charge is 0.308 e. The van der Waals surface area contributed by atoms with Gasteiger partial charge in [-0.3, -0.25) is 5.32 Å². The Kier molecular flexibility index (Phi) is 5.32. The summed E-state index contributed by atoms with van der Waals surface area (Å²) >= 11 is 7.81. The number of urea groups is 1. The lowest BCUT2D eigenvalue weighted by Gasteiger charge is -2.19. The van der Waals surface area contributed by atoms with Crippen LogP contribution >= 0.6 is 23.4 Å². The van der Waals surface area contributed by atoms with Crippen LogP contribution in [0.2, 0.25) is 5.02 Å². The number of anilines is 2. The topological polar surface area (TPSA) is 59.0 Å². The average molecular weight is 427 g/mol. The number of benzene rings is 2. The maximum Gasteiger partial charge on any atom is 0.324 e. The van der Waals surface area contributed by atoms with Gasteiger partial charge in [-0.25, -0.2) is 9.48 Å². The summed E-state index contributed by atoms with van der Waals surface area (Å²) in [6.45, 7) is 6.50. The highest BCUT2D eigenvalue weighted by Crippen LogP contribution is 2.36. The van der Waals surface area contributed by atoms with Gasteiger partial charge in [-0.05, 0) is 47.4 Å². The second kappa shape index (κ2) is 7.76. The van der Waals surface area contributed by atoms with Crippen LogP contribution in [0.15, 0.2) is 48.5 Å². The zero-order valence-electron chi connectivity index (χ0n) is 16.6. The van der Waals surface area contributed by atoms with Crippen molar-refractivity contribution in [3.63, 3.8) is 0 Å². The van der Waals surface area contributed by atoms with Crippen molar-refractivity contribution in [2.24, 2.45) is 0 Å². The Morgan fingerprint density at radius 1 is 1.03 bits per heavy atom. The highest BCUT2D eigenvalue weighted by Gasteiger charge is 2.24. The van der Waals surface area contributed by atoms with Gasteiger partial charge in [-0.15, -0.1) is 0 Å². The molecule has 0 unspecified atom stereocenters. The lowest BCUT2D eigenvalue weighted by molar-refractivity contribution is 0.262. The molecule has 7 heteroatoms. The molecule has 29 heavy (non-hydrogen) atoms. The molecule has 0 atom stereocenters. The van der Waals surface area contributed by atoms with Crippen LogP contribution in [0, 0.1) is 0 Å². The van der Waals surface area contributed by atoms with Gasteiger partial charge in [0.2, 0.25) is 0 Å². The third-order valence-electron chi connectivity index (χ3n) is 4.86. The van der Waals surface area contributed by atoms with Crippen LogP contribution in [0.5, 0.6) is 0 Å². The Balaban J connectivity index is 1.56. The van der Waals surface area contributed by atoms with Crippen LogP contribution in [0.1, 0.15) is 37.6 Å². The second-order valence-electron chi connectivity index (χ2n) is 8.06. The number of hydrogen-bond donors (Lipinski definition) is 2. The molecule has 2 aromatic carbocycles. The van der Waals surface area contributed by atoms with Crippen molar-refractivity contribution in [3.05, 3.63) is 70.4 Å². The minimum Gasteiger partial charge on any atom is -0.308 e. The Morgan fingerprint density at radius 3 is 2.38 bits per heavy atom. The first-order valence-electron chi connectivity index (χ1n) is 9.44. The maximum absolute atomic E-state index is 12.7. The zero-order valence-corrected chi connectivity index (χ0v) is 18.2. The molecule has 0 fully saturated rings. The largest absolute Gasteiger partial charge is 0.324 e. The molecule has 2 N–H and O–H groups in total. The van der Waals surface area contributed by atoms with Gasteiger partial charge < -0.3 is 5.32 Å². The van der Waals surface area contributed by atoms with Crippen molar-refractivity contribution < 1.29 is 4.79 Å². The Labute approximate surface area is 179 Å². The number of amides is 2. The maximum atomic E-state index is 12.7. The summed E-state index contributed by atoms with van der Waals surface area (Å²) in [5.74, 6) is 2.38. The van der Waals surface area contributed by atoms with E-state index in [1.807, 2.05) is 48.5 Å². The van der Waals surface area contributed by atoms with Crippen LogP contribution in [0.4, 0.5) is 16.3 Å². The Bertz CT molecular complexity index is 1040. The Morgan fingerprint density at radius 2 is 1.72 bits per heavy atom. The van der Waals surface area contributed by atoms with E-state index in [4.69, 9.17) is 16.7 Å². The quantitative estimate of drug-likeness (QED) is 0.523. The van der Waals surface area contributed by atoms with E-state index in [9.17, 15) is 4.79 Å². The number of rotatable bonds is 3. The first-order valence-corrected chi connectivity index (χ1v) is 11.0. The number of hydrogen-bond acceptors (Lipinski definition) is 3. The fourth-order valence-electron chi connectivity index (χ4n) is 3.23. The number of aromatic nitrogens is 2. The first kappa shape index (κ1) is 19.9. The number of halogens is 1. The standard InChI is InChI=1S/C22H23ClN4OS/c1-22(2,3)14-4-8-16(9-5-14)24-21(28)25-20-18-12-29-13-19(18)26-27(20)17-10-6-15(23)7-11-17/h4-11H,12-13H2,1-3H3,(H2,24,25,28). The fourth-order valence-corrected chi connectivity index (χ4v) is 4.39. The van der Waals surface area contributed by atoms with E-state index in [0.717, 1.165) is 34.1 Å². The third-order valence-corrected chi connectivity index (χ3v) is 6.09. The predicted molar refractivity (Wildman–Crippen MR) is 121 cm³/mol. The molecule has 0 bridgehead atoms. The average Bonchev–Trinajstić information content (AvgIpc) is 3.25. The molecule has 2 heterocycles. The Hall–Kier alpha value is -2.44. The summed E-state index contributed by atoms with van der Waals surface area (Å²) in [5, 5.41) is 11.3. The van der Waals surface area contributed by atoms with Gasteiger partial charge in [-0.1, -0.05) is 44.5 Å². The minimum atomic E-state index is -0.289. The van der Waals surface area contributed by atoms with Crippen LogP contribution in [-0.4, -0.2) is 15.8 Å². The zero-order chi connectivity index (χ0) is 20.6. The molecular formula is C22H23ClN4OS. The van der Waals surface area contributed by atoms with E-state index >= 15 is 0 Å². The second-order valence-corrected chi connectivity index (χ2v) is 9.48. The summed E-state index contributed by atoms with van der Waals surface area (Å²) in [6, 6.07) is 15.1. The molecule has 2 amide bonds. The van der Waals surface area contributed by atoms with Crippen LogP contribution in [0.25, 0.3) is 5.69 Å². The summed E-state index contributed by atoms with van der Waals surface area (Å²) in [4.78, 5) is 12.7. The highest BCUT2D eigenvalue weighted by atomic mass is 35.5. The van der Waals surface area contributed by atoms with Crippen molar-refractivity contribution in [1.29, 1.82) is 0 Å². The molecular weight excluding hydrogens is 404 g/mol. The van der Waals surface area contributed by atoms with E-state index in [2.05, 4.69) is 31.4 Å². The van der Waals surface area contributed by atoms with Crippen molar-refractivity contribution >= 4 is 40.9 Å². The molecule has 1 aliphatic rings. The van der Waals surface area contributed by atoms with E-state index in [1.165, 1.54) is 5.56 Å². The number of carbonyl (C=O) groups excluding carboxylic acids is 1. The van der Waals surface area contributed by atoms with Crippen molar-refractivity contribution in [2.45, 2.75) is 37.7 Å². The normalized spacial score (nSPS) is 13.2.